The lowest BCUT2D eigenvalue weighted by molar-refractivity contribution is -0.119. The third kappa shape index (κ3) is 5.14. The van der Waals surface area contributed by atoms with Crippen LogP contribution in [-0.2, 0) is 4.79 Å². The number of thioether (sulfide) groups is 1. The number of nitrogens with one attached hydrogen (secondary N) is 1. The van der Waals surface area contributed by atoms with Gasteiger partial charge in [-0.3, -0.25) is 9.36 Å². The summed E-state index contributed by atoms with van der Waals surface area (Å²) in [5, 5.41) is 12.5. The summed E-state index contributed by atoms with van der Waals surface area (Å²) >= 11 is 7.41. The number of benzene rings is 2. The number of fused-ring (bicyclic) bond motifs is 1. The van der Waals surface area contributed by atoms with Crippen molar-refractivity contribution in [1.29, 1.82) is 0 Å². The predicted octanol–water partition coefficient (Wildman–Crippen LogP) is 4.30. The smallest absolute Gasteiger partial charge is 0.230 e. The minimum atomic E-state index is -0.144. The number of amides is 1. The fourth-order valence-corrected chi connectivity index (χ4v) is 4.28. The van der Waals surface area contributed by atoms with E-state index < -0.39 is 0 Å². The Balaban J connectivity index is 1.43. The van der Waals surface area contributed by atoms with E-state index in [0.717, 1.165) is 17.0 Å². The molecule has 31 heavy (non-hydrogen) atoms. The zero-order chi connectivity index (χ0) is 21.8. The molecule has 0 aliphatic carbocycles. The van der Waals surface area contributed by atoms with Gasteiger partial charge >= 0.3 is 0 Å². The van der Waals surface area contributed by atoms with Crippen LogP contribution in [0.25, 0.3) is 5.69 Å². The molecule has 162 valence electrons. The molecule has 0 spiro atoms. The van der Waals surface area contributed by atoms with E-state index in [1.807, 2.05) is 41.0 Å². The highest BCUT2D eigenvalue weighted by Crippen LogP contribution is 2.34. The van der Waals surface area contributed by atoms with Crippen LogP contribution in [0.1, 0.15) is 25.5 Å². The van der Waals surface area contributed by atoms with Gasteiger partial charge in [-0.05, 0) is 41.8 Å². The molecule has 2 heterocycles. The number of carbonyl (C=O) groups excluding carboxylic acids is 1. The van der Waals surface area contributed by atoms with Gasteiger partial charge in [-0.15, -0.1) is 10.2 Å². The Morgan fingerprint density at radius 1 is 1.19 bits per heavy atom. The van der Waals surface area contributed by atoms with Crippen molar-refractivity contribution in [2.75, 3.05) is 19.0 Å². The van der Waals surface area contributed by atoms with Gasteiger partial charge in [0.2, 0.25) is 5.91 Å². The summed E-state index contributed by atoms with van der Waals surface area (Å²) in [6.07, 6.45) is 1.61. The summed E-state index contributed by atoms with van der Waals surface area (Å²) in [5.74, 6) is 1.78. The lowest BCUT2D eigenvalue weighted by Crippen LogP contribution is -2.33. The SMILES string of the molecule is CC(C)C(NC(=O)CSc1nncn1-c1cccc(Cl)c1)c1ccc2c(c1)OCCO2. The Hall–Kier alpha value is -2.71. The summed E-state index contributed by atoms with van der Waals surface area (Å²) in [7, 11) is 0. The largest absolute Gasteiger partial charge is 0.486 e. The van der Waals surface area contributed by atoms with Crippen LogP contribution in [0.15, 0.2) is 53.9 Å². The summed E-state index contributed by atoms with van der Waals surface area (Å²) in [6, 6.07) is 13.1. The van der Waals surface area contributed by atoms with Crippen molar-refractivity contribution in [1.82, 2.24) is 20.1 Å². The molecule has 0 saturated heterocycles. The molecule has 7 nitrogen and oxygen atoms in total. The van der Waals surface area contributed by atoms with Gasteiger partial charge < -0.3 is 14.8 Å². The van der Waals surface area contributed by atoms with Gasteiger partial charge in [-0.25, -0.2) is 0 Å². The Morgan fingerprint density at radius 3 is 2.77 bits per heavy atom. The summed E-state index contributed by atoms with van der Waals surface area (Å²) in [4.78, 5) is 12.8. The number of ether oxygens (including phenoxy) is 2. The Bertz CT molecular complexity index is 1070. The average molecular weight is 459 g/mol. The van der Waals surface area contributed by atoms with Gasteiger partial charge in [0.1, 0.15) is 19.5 Å². The number of halogens is 1. The van der Waals surface area contributed by atoms with Gasteiger partial charge in [-0.1, -0.05) is 49.3 Å². The lowest BCUT2D eigenvalue weighted by Gasteiger charge is -2.25. The predicted molar refractivity (Wildman–Crippen MR) is 120 cm³/mol. The van der Waals surface area contributed by atoms with Gasteiger partial charge in [0.25, 0.3) is 0 Å². The quantitative estimate of drug-likeness (QED) is 0.532. The van der Waals surface area contributed by atoms with Crippen molar-refractivity contribution in [3.8, 4) is 17.2 Å². The Morgan fingerprint density at radius 2 is 2.00 bits per heavy atom. The molecule has 0 fully saturated rings. The van der Waals surface area contributed by atoms with Crippen molar-refractivity contribution >= 4 is 29.3 Å². The monoisotopic (exact) mass is 458 g/mol. The zero-order valence-electron chi connectivity index (χ0n) is 17.2. The van der Waals surface area contributed by atoms with Crippen molar-refractivity contribution in [3.63, 3.8) is 0 Å². The second-order valence-corrected chi connectivity index (χ2v) is 8.82. The molecule has 0 bridgehead atoms. The van der Waals surface area contributed by atoms with Crippen molar-refractivity contribution in [3.05, 3.63) is 59.4 Å². The van der Waals surface area contributed by atoms with Crippen LogP contribution in [0.3, 0.4) is 0 Å². The first kappa shape index (κ1) is 21.5. The van der Waals surface area contributed by atoms with E-state index in [1.165, 1.54) is 11.8 Å². The fourth-order valence-electron chi connectivity index (χ4n) is 3.36. The number of nitrogens with zero attached hydrogens (tertiary/aromatic N) is 3. The molecule has 1 atom stereocenters. The average Bonchev–Trinajstić information content (AvgIpc) is 3.24. The third-order valence-corrected chi connectivity index (χ3v) is 6.02. The van der Waals surface area contributed by atoms with Gasteiger partial charge in [0.05, 0.1) is 17.5 Å². The van der Waals surface area contributed by atoms with Gasteiger partial charge in [0.15, 0.2) is 16.7 Å². The molecule has 1 aromatic heterocycles. The zero-order valence-corrected chi connectivity index (χ0v) is 18.8. The van der Waals surface area contributed by atoms with Crippen LogP contribution in [-0.4, -0.2) is 39.6 Å². The molecular formula is C22H23ClN4O3S. The maximum absolute atomic E-state index is 12.8. The first-order chi connectivity index (χ1) is 15.0. The van der Waals surface area contributed by atoms with E-state index >= 15 is 0 Å². The highest BCUT2D eigenvalue weighted by Gasteiger charge is 2.22. The number of hydrogen-bond donors (Lipinski definition) is 1. The van der Waals surface area contributed by atoms with Crippen LogP contribution in [0, 0.1) is 5.92 Å². The number of hydrogen-bond acceptors (Lipinski definition) is 6. The highest BCUT2D eigenvalue weighted by atomic mass is 35.5. The maximum atomic E-state index is 12.8. The summed E-state index contributed by atoms with van der Waals surface area (Å²) in [5.41, 5.74) is 1.83. The molecule has 0 radical (unpaired) electrons. The first-order valence-electron chi connectivity index (χ1n) is 9.99. The normalized spacial score (nSPS) is 13.8. The third-order valence-electron chi connectivity index (χ3n) is 4.84. The number of rotatable bonds is 7. The second kappa shape index (κ2) is 9.62. The van der Waals surface area contributed by atoms with Crippen LogP contribution in [0.4, 0.5) is 0 Å². The van der Waals surface area contributed by atoms with E-state index in [1.54, 1.807) is 12.4 Å². The maximum Gasteiger partial charge on any atom is 0.230 e. The van der Waals surface area contributed by atoms with Crippen LogP contribution >= 0.6 is 23.4 Å². The molecule has 9 heteroatoms. The van der Waals surface area contributed by atoms with Crippen molar-refractivity contribution in [2.45, 2.75) is 25.0 Å². The molecule has 3 aromatic rings. The molecule has 1 N–H and O–H groups in total. The fraction of sp³-hybridized carbons (Fsp3) is 0.318. The van der Waals surface area contributed by atoms with Crippen LogP contribution in [0.5, 0.6) is 11.5 Å². The van der Waals surface area contributed by atoms with E-state index in [9.17, 15) is 4.79 Å². The highest BCUT2D eigenvalue weighted by molar-refractivity contribution is 7.99. The topological polar surface area (TPSA) is 78.3 Å². The van der Waals surface area contributed by atoms with Crippen LogP contribution < -0.4 is 14.8 Å². The number of aromatic nitrogens is 3. The summed E-state index contributed by atoms with van der Waals surface area (Å²) < 4.78 is 13.1. The standard InChI is InChI=1S/C22H23ClN4O3S/c1-14(2)21(15-6-7-18-19(10-15)30-9-8-29-18)25-20(28)12-31-22-26-24-13-27(22)17-5-3-4-16(23)11-17/h3-7,10-11,13-14,21H,8-9,12H2,1-2H3,(H,25,28). The molecule has 1 unspecified atom stereocenters. The van der Waals surface area contributed by atoms with E-state index in [0.29, 0.717) is 29.1 Å². The minimum absolute atomic E-state index is 0.0840. The molecule has 2 aromatic carbocycles. The van der Waals surface area contributed by atoms with Crippen molar-refractivity contribution < 1.29 is 14.3 Å². The van der Waals surface area contributed by atoms with E-state index in [-0.39, 0.29) is 23.6 Å². The van der Waals surface area contributed by atoms with Crippen LogP contribution in [0.2, 0.25) is 5.02 Å². The van der Waals surface area contributed by atoms with Gasteiger partial charge in [-0.2, -0.15) is 0 Å². The molecule has 0 saturated carbocycles. The summed E-state index contributed by atoms with van der Waals surface area (Å²) in [6.45, 7) is 5.22. The van der Waals surface area contributed by atoms with E-state index in [4.69, 9.17) is 21.1 Å². The second-order valence-electron chi connectivity index (χ2n) is 7.44. The molecule has 4 rings (SSSR count). The minimum Gasteiger partial charge on any atom is -0.486 e. The molecule has 1 aliphatic rings. The van der Waals surface area contributed by atoms with E-state index in [2.05, 4.69) is 29.4 Å². The molecular weight excluding hydrogens is 436 g/mol. The molecule has 1 aliphatic heterocycles. The van der Waals surface area contributed by atoms with Crippen molar-refractivity contribution in [2.24, 2.45) is 5.92 Å². The molecule has 1 amide bonds. The Labute approximate surface area is 190 Å². The van der Waals surface area contributed by atoms with Gasteiger partial charge in [0, 0.05) is 5.02 Å². The number of carbonyl (C=O) groups is 1. The lowest BCUT2D eigenvalue weighted by atomic mass is 9.95. The first-order valence-corrected chi connectivity index (χ1v) is 11.4. The Kier molecular flexibility index (Phi) is 6.67.